The number of alkyl halides is 3. The maximum absolute atomic E-state index is 13.8. The molecule has 52 heavy (non-hydrogen) atoms. The van der Waals surface area contributed by atoms with Gasteiger partial charge in [0.15, 0.2) is 0 Å². The molecule has 8 rings (SSSR count). The van der Waals surface area contributed by atoms with Gasteiger partial charge in [0.05, 0.1) is 36.2 Å². The first-order valence-electron chi connectivity index (χ1n) is 14.9. The Morgan fingerprint density at radius 2 is 1.15 bits per heavy atom. The van der Waals surface area contributed by atoms with Gasteiger partial charge >= 0.3 is 6.18 Å². The average Bonchev–Trinajstić information content (AvgIpc) is 3.83. The zero-order valence-electron chi connectivity index (χ0n) is 26.9. The van der Waals surface area contributed by atoms with Crippen LogP contribution in [-0.2, 0) is 40.4 Å². The van der Waals surface area contributed by atoms with Gasteiger partial charge in [-0.25, -0.2) is 0 Å². The molecule has 4 heterocycles. The zero-order valence-corrected chi connectivity index (χ0v) is 29.3. The number of halogens is 7. The maximum atomic E-state index is 13.8. The topological polar surface area (TPSA) is 57.5 Å². The molecule has 0 saturated heterocycles. The van der Waals surface area contributed by atoms with E-state index < -0.39 is 35.1 Å². The van der Waals surface area contributed by atoms with E-state index in [9.17, 15) is 30.7 Å². The Kier molecular flexibility index (Phi) is 11.4. The van der Waals surface area contributed by atoms with E-state index in [1.54, 1.807) is 27.3 Å². The molecule has 0 amide bonds. The largest absolute Gasteiger partial charge is 0.573 e. The fraction of sp³-hybridized carbons (Fsp3) is 0.0811. The van der Waals surface area contributed by atoms with Crippen LogP contribution in [0.2, 0.25) is 0 Å². The molecule has 0 aliphatic rings. The minimum Gasteiger partial charge on any atom is -0.573 e. The Balaban J connectivity index is 0.000000150. The van der Waals surface area contributed by atoms with Crippen LogP contribution in [0.25, 0.3) is 44.8 Å². The van der Waals surface area contributed by atoms with E-state index in [-0.39, 0.29) is 37.2 Å². The van der Waals surface area contributed by atoms with Crippen molar-refractivity contribution < 1.29 is 60.0 Å². The van der Waals surface area contributed by atoms with Crippen LogP contribution in [0, 0.1) is 48.1 Å². The van der Waals surface area contributed by atoms with Gasteiger partial charge in [-0.2, -0.15) is 25.3 Å². The van der Waals surface area contributed by atoms with Crippen molar-refractivity contribution in [3.05, 3.63) is 157 Å². The molecule has 0 aliphatic carbocycles. The number of fused-ring (bicyclic) bond motifs is 2. The first-order chi connectivity index (χ1) is 24.4. The summed E-state index contributed by atoms with van der Waals surface area (Å²) in [6, 6.07) is 29.9. The number of hydrogen-bond acceptors (Lipinski definition) is 2. The molecule has 1 radical (unpaired) electrons. The number of aryl methyl sites for hydroxylation is 2. The molecular weight excluding hydrogens is 868 g/mol. The molecule has 0 saturated carbocycles. The van der Waals surface area contributed by atoms with Crippen LogP contribution >= 0.6 is 0 Å². The van der Waals surface area contributed by atoms with E-state index in [2.05, 4.69) is 40.0 Å². The predicted octanol–water partition coefficient (Wildman–Crippen LogP) is 6.78. The van der Waals surface area contributed by atoms with E-state index in [4.69, 9.17) is 0 Å². The van der Waals surface area contributed by atoms with Gasteiger partial charge in [-0.05, 0) is 29.6 Å². The summed E-state index contributed by atoms with van der Waals surface area (Å²) in [7, 11) is 3.64. The standard InChI is InChI=1S/2C14H9F2N2.C9H5F3N3.Ir/c2*1-17-9-18(14-5-3-2-4-13(14)17)12-7-6-10(15)8-11(12)16;10-9(11,12)8-5-7(14-15-8)6-3-1-2-4-13-6;/h2*2-6,8H,1H3;1-5H;/q3*-1;. The number of aromatic nitrogens is 7. The Labute approximate surface area is 305 Å². The van der Waals surface area contributed by atoms with Crippen LogP contribution < -0.4 is 14.2 Å². The van der Waals surface area contributed by atoms with E-state index in [1.165, 1.54) is 15.3 Å². The molecule has 0 spiro atoms. The van der Waals surface area contributed by atoms with Crippen molar-refractivity contribution in [1.29, 1.82) is 0 Å². The summed E-state index contributed by atoms with van der Waals surface area (Å²) in [5.74, 6) is -2.60. The molecule has 0 N–H and O–H groups in total. The number of benzene rings is 4. The van der Waals surface area contributed by atoms with E-state index in [0.29, 0.717) is 5.69 Å². The van der Waals surface area contributed by atoms with Crippen molar-refractivity contribution >= 4 is 22.1 Å². The van der Waals surface area contributed by atoms with Crippen LogP contribution in [0.5, 0.6) is 0 Å². The number of rotatable bonds is 3. The van der Waals surface area contributed by atoms with Gasteiger partial charge in [-0.1, -0.05) is 60.3 Å². The molecule has 0 unspecified atom stereocenters. The van der Waals surface area contributed by atoms with Gasteiger partial charge in [-0.3, -0.25) is 22.5 Å². The summed E-state index contributed by atoms with van der Waals surface area (Å²) in [6.07, 6.45) is 2.96. The molecule has 8 aromatic rings. The Morgan fingerprint density at radius 1 is 0.673 bits per heavy atom. The van der Waals surface area contributed by atoms with Gasteiger partial charge in [-0.15, -0.1) is 24.3 Å². The van der Waals surface area contributed by atoms with Gasteiger partial charge in [0.1, 0.15) is 5.69 Å². The third-order valence-corrected chi connectivity index (χ3v) is 7.35. The number of imidazole rings is 2. The summed E-state index contributed by atoms with van der Waals surface area (Å²) in [5, 5.41) is 6.47. The molecule has 0 fully saturated rings. The summed E-state index contributed by atoms with van der Waals surface area (Å²) in [6.45, 7) is 0. The number of para-hydroxylation sites is 4. The summed E-state index contributed by atoms with van der Waals surface area (Å²) in [5.41, 5.74) is 3.24. The normalized spacial score (nSPS) is 11.0. The molecule has 4 aromatic carbocycles. The number of nitrogens with zero attached hydrogens (tertiary/aromatic N) is 7. The van der Waals surface area contributed by atoms with Crippen molar-refractivity contribution in [1.82, 2.24) is 24.3 Å². The minimum absolute atomic E-state index is 0. The molecule has 0 atom stereocenters. The minimum atomic E-state index is -4.46. The first kappa shape index (κ1) is 37.6. The Hall–Kier alpha value is -5.66. The fourth-order valence-electron chi connectivity index (χ4n) is 5.02. The average molecular weight is 891 g/mol. The Morgan fingerprint density at radius 3 is 1.58 bits per heavy atom. The van der Waals surface area contributed by atoms with Crippen molar-refractivity contribution in [2.45, 2.75) is 6.18 Å². The molecule has 7 nitrogen and oxygen atoms in total. The van der Waals surface area contributed by atoms with Crippen molar-refractivity contribution in [2.24, 2.45) is 14.1 Å². The van der Waals surface area contributed by atoms with Crippen molar-refractivity contribution in [3.63, 3.8) is 0 Å². The molecule has 0 bridgehead atoms. The summed E-state index contributed by atoms with van der Waals surface area (Å²) in [4.78, 5) is 3.87. The van der Waals surface area contributed by atoms with Gasteiger partial charge in [0.25, 0.3) is 0 Å². The third-order valence-electron chi connectivity index (χ3n) is 7.35. The molecular formula is C37H23F7IrN7-3. The molecule has 15 heteroatoms. The monoisotopic (exact) mass is 891 g/mol. The summed E-state index contributed by atoms with van der Waals surface area (Å²) >= 11 is 0. The van der Waals surface area contributed by atoms with Crippen LogP contribution in [0.1, 0.15) is 5.69 Å². The molecule has 267 valence electrons. The predicted molar refractivity (Wildman–Crippen MR) is 170 cm³/mol. The van der Waals surface area contributed by atoms with Crippen LogP contribution in [-0.4, -0.2) is 19.2 Å². The SMILES string of the molecule is C[n+]1[c-]n(-c2[c-]cc(F)cc2F)c2ccccc21.C[n+]1[c-]n(-c2[c-]cc(F)cc2F)c2ccccc21.FC(F)(F)c1cc(-c2ccccn2)[n-]n1.[Ir]. The summed E-state index contributed by atoms with van der Waals surface area (Å²) < 4.78 is 96.4. The van der Waals surface area contributed by atoms with Crippen molar-refractivity contribution in [2.75, 3.05) is 0 Å². The Bertz CT molecular complexity index is 2330. The molecule has 4 aromatic heterocycles. The second-order valence-corrected chi connectivity index (χ2v) is 10.8. The van der Waals surface area contributed by atoms with Gasteiger partial charge < -0.3 is 28.5 Å². The van der Waals surface area contributed by atoms with E-state index in [1.807, 2.05) is 62.6 Å². The third kappa shape index (κ3) is 8.11. The molecule has 0 aliphatic heterocycles. The van der Waals surface area contributed by atoms with Crippen LogP contribution in [0.3, 0.4) is 0 Å². The first-order valence-corrected chi connectivity index (χ1v) is 14.9. The fourth-order valence-corrected chi connectivity index (χ4v) is 5.02. The van der Waals surface area contributed by atoms with Crippen LogP contribution in [0.15, 0.2) is 103 Å². The van der Waals surface area contributed by atoms with Gasteiger partial charge in [0.2, 0.25) is 12.7 Å². The quantitative estimate of drug-likeness (QED) is 0.112. The van der Waals surface area contributed by atoms with Crippen molar-refractivity contribution in [3.8, 4) is 22.8 Å². The number of pyridine rings is 1. The van der Waals surface area contributed by atoms with Crippen LogP contribution in [0.4, 0.5) is 30.7 Å². The second-order valence-electron chi connectivity index (χ2n) is 10.8. The number of hydrogen-bond donors (Lipinski definition) is 0. The van der Waals surface area contributed by atoms with E-state index >= 15 is 0 Å². The zero-order chi connectivity index (χ0) is 36.3. The second kappa shape index (κ2) is 15.7. The van der Waals surface area contributed by atoms with E-state index in [0.717, 1.165) is 52.4 Å². The smallest absolute Gasteiger partial charge is 0.431 e. The van der Waals surface area contributed by atoms with Gasteiger partial charge in [0, 0.05) is 55.3 Å². The maximum Gasteiger partial charge on any atom is 0.431 e.